The summed E-state index contributed by atoms with van der Waals surface area (Å²) in [5.74, 6) is -1.62. The predicted molar refractivity (Wildman–Crippen MR) is 50.4 cm³/mol. The number of aromatic carboxylic acids is 1. The number of hydrogen-bond acceptors (Lipinski definition) is 2. The Morgan fingerprint density at radius 1 is 1.14 bits per heavy atom. The minimum absolute atomic E-state index is 0.150. The third-order valence-electron chi connectivity index (χ3n) is 2.10. The molecule has 2 aromatic carbocycles. The average Bonchev–Trinajstić information content (AvgIpc) is 2.17. The molecule has 0 aromatic heterocycles. The van der Waals surface area contributed by atoms with E-state index in [1.807, 2.05) is 0 Å². The molecule has 0 saturated heterocycles. The molecule has 3 nitrogen and oxygen atoms in total. The van der Waals surface area contributed by atoms with Crippen LogP contribution in [-0.4, -0.2) is 11.1 Å². The normalized spacial score (nSPS) is 10.3. The van der Waals surface area contributed by atoms with Crippen LogP contribution in [0.1, 0.15) is 10.4 Å². The number of fused-ring (bicyclic) bond motifs is 1. The molecule has 0 aliphatic heterocycles. The van der Waals surface area contributed by atoms with E-state index in [1.165, 1.54) is 6.07 Å². The van der Waals surface area contributed by atoms with Crippen molar-refractivity contribution >= 4 is 16.7 Å². The van der Waals surface area contributed by atoms with Crippen molar-refractivity contribution in [3.63, 3.8) is 0 Å². The van der Waals surface area contributed by atoms with Crippen LogP contribution >= 0.6 is 0 Å². The van der Waals surface area contributed by atoms with Crippen LogP contribution in [0.2, 0.25) is 0 Å². The molecule has 0 aliphatic rings. The zero-order chi connectivity index (χ0) is 10.1. The number of hydrogen-bond donors (Lipinski definition) is 1. The fraction of sp³-hybridized carbons (Fsp3) is 0. The fourth-order valence-electron chi connectivity index (χ4n) is 1.47. The first-order valence-electron chi connectivity index (χ1n) is 4.12. The predicted octanol–water partition coefficient (Wildman–Crippen LogP) is 1.61. The second-order valence-corrected chi connectivity index (χ2v) is 2.96. The maximum atomic E-state index is 11.3. The summed E-state index contributed by atoms with van der Waals surface area (Å²) >= 11 is 0. The van der Waals surface area contributed by atoms with Gasteiger partial charge < -0.3 is 10.2 Å². The van der Waals surface area contributed by atoms with Gasteiger partial charge in [-0.1, -0.05) is 42.1 Å². The number of carbonyl (C=O) groups is 1. The van der Waals surface area contributed by atoms with Crippen molar-refractivity contribution in [1.82, 2.24) is 0 Å². The van der Waals surface area contributed by atoms with E-state index in [4.69, 9.17) is 5.11 Å². The van der Waals surface area contributed by atoms with E-state index in [-0.39, 0.29) is 5.56 Å². The average molecular weight is 187 g/mol. The molecule has 14 heavy (non-hydrogen) atoms. The lowest BCUT2D eigenvalue weighted by Crippen LogP contribution is -2.04. The smallest absolute Gasteiger partial charge is 0.335 e. The van der Waals surface area contributed by atoms with Gasteiger partial charge in [-0.05, 0) is 10.8 Å². The molecule has 0 heterocycles. The Balaban J connectivity index is 2.90. The fourth-order valence-corrected chi connectivity index (χ4v) is 1.47. The summed E-state index contributed by atoms with van der Waals surface area (Å²) in [5.41, 5.74) is -0.150. The second-order valence-electron chi connectivity index (χ2n) is 2.96. The zero-order valence-electron chi connectivity index (χ0n) is 7.23. The van der Waals surface area contributed by atoms with Crippen LogP contribution in [0, 0.1) is 0 Å². The summed E-state index contributed by atoms with van der Waals surface area (Å²) < 4.78 is 0. The first kappa shape index (κ1) is 8.56. The van der Waals surface area contributed by atoms with E-state index in [9.17, 15) is 9.90 Å². The lowest BCUT2D eigenvalue weighted by Gasteiger charge is -2.12. The van der Waals surface area contributed by atoms with Crippen molar-refractivity contribution in [3.8, 4) is 5.75 Å². The maximum Gasteiger partial charge on any atom is 0.335 e. The van der Waals surface area contributed by atoms with Crippen molar-refractivity contribution < 1.29 is 15.0 Å². The summed E-state index contributed by atoms with van der Waals surface area (Å²) in [5, 5.41) is 21.4. The monoisotopic (exact) mass is 187 g/mol. The van der Waals surface area contributed by atoms with Gasteiger partial charge in [0.1, 0.15) is 0 Å². The molecule has 0 radical (unpaired) electrons. The van der Waals surface area contributed by atoms with Crippen molar-refractivity contribution in [3.05, 3.63) is 42.0 Å². The summed E-state index contributed by atoms with van der Waals surface area (Å²) in [4.78, 5) is 10.8. The molecule has 1 N–H and O–H groups in total. The molecule has 0 bridgehead atoms. The van der Waals surface area contributed by atoms with Gasteiger partial charge in [-0.25, -0.2) is 4.79 Å². The Kier molecular flexibility index (Phi) is 1.85. The van der Waals surface area contributed by atoms with Gasteiger partial charge in [0.2, 0.25) is 0 Å². The van der Waals surface area contributed by atoms with Crippen molar-refractivity contribution in [1.29, 1.82) is 0 Å². The Labute approximate surface area is 80.2 Å². The number of benzene rings is 2. The van der Waals surface area contributed by atoms with Crippen LogP contribution in [0.15, 0.2) is 36.4 Å². The van der Waals surface area contributed by atoms with Crippen molar-refractivity contribution in [2.45, 2.75) is 0 Å². The molecule has 0 atom stereocenters. The maximum absolute atomic E-state index is 11.3. The summed E-state index contributed by atoms with van der Waals surface area (Å²) in [6, 6.07) is 9.85. The third kappa shape index (κ3) is 1.19. The van der Waals surface area contributed by atoms with E-state index in [0.717, 1.165) is 5.39 Å². The molecular weight excluding hydrogens is 180 g/mol. The Morgan fingerprint density at radius 3 is 2.57 bits per heavy atom. The Bertz CT molecular complexity index is 503. The largest absolute Gasteiger partial charge is 0.872 e. The molecule has 3 heteroatoms. The molecule has 2 rings (SSSR count). The molecule has 2 aromatic rings. The van der Waals surface area contributed by atoms with Gasteiger partial charge in [0, 0.05) is 0 Å². The number of rotatable bonds is 1. The molecule has 0 unspecified atom stereocenters. The van der Waals surface area contributed by atoms with E-state index in [1.54, 1.807) is 30.3 Å². The number of carboxylic acid groups (broad SMARTS) is 1. The quantitative estimate of drug-likeness (QED) is 0.737. The molecule has 0 aliphatic carbocycles. The molecule has 0 amide bonds. The Hall–Kier alpha value is -2.03. The highest BCUT2D eigenvalue weighted by Crippen LogP contribution is 2.24. The topological polar surface area (TPSA) is 60.4 Å². The first-order valence-corrected chi connectivity index (χ1v) is 4.12. The summed E-state index contributed by atoms with van der Waals surface area (Å²) in [7, 11) is 0. The van der Waals surface area contributed by atoms with Crippen LogP contribution < -0.4 is 5.11 Å². The van der Waals surface area contributed by atoms with Crippen LogP contribution in [0.4, 0.5) is 0 Å². The minimum atomic E-state index is -1.17. The van der Waals surface area contributed by atoms with Gasteiger partial charge in [0.05, 0.1) is 5.56 Å². The van der Waals surface area contributed by atoms with E-state index in [0.29, 0.717) is 5.39 Å². The molecule has 0 saturated carbocycles. The molecule has 0 fully saturated rings. The number of carboxylic acids is 1. The third-order valence-corrected chi connectivity index (χ3v) is 2.10. The van der Waals surface area contributed by atoms with Gasteiger partial charge in [-0.15, -0.1) is 0 Å². The highest BCUT2D eigenvalue weighted by atomic mass is 16.4. The minimum Gasteiger partial charge on any atom is -0.872 e. The zero-order valence-corrected chi connectivity index (χ0v) is 7.23. The van der Waals surface area contributed by atoms with Gasteiger partial charge in [0.25, 0.3) is 0 Å². The highest BCUT2D eigenvalue weighted by Gasteiger charge is 2.08. The van der Waals surface area contributed by atoms with E-state index < -0.39 is 11.7 Å². The van der Waals surface area contributed by atoms with Crippen molar-refractivity contribution in [2.24, 2.45) is 0 Å². The van der Waals surface area contributed by atoms with Crippen LogP contribution in [-0.2, 0) is 0 Å². The molecule has 0 spiro atoms. The SMILES string of the molecule is O=C(O)c1c([O-])ccc2ccccc12. The van der Waals surface area contributed by atoms with Crippen molar-refractivity contribution in [2.75, 3.05) is 0 Å². The van der Waals surface area contributed by atoms with E-state index >= 15 is 0 Å². The van der Waals surface area contributed by atoms with Gasteiger partial charge in [-0.3, -0.25) is 0 Å². The Morgan fingerprint density at radius 2 is 1.86 bits per heavy atom. The summed E-state index contributed by atoms with van der Waals surface area (Å²) in [6.45, 7) is 0. The first-order chi connectivity index (χ1) is 6.70. The lowest BCUT2D eigenvalue weighted by atomic mass is 10.0. The molecule has 70 valence electrons. The van der Waals surface area contributed by atoms with Gasteiger partial charge >= 0.3 is 5.97 Å². The standard InChI is InChI=1S/C11H8O3/c12-9-6-5-7-3-1-2-4-8(7)10(9)11(13)14/h1-6,12H,(H,13,14)/p-1. The van der Waals surface area contributed by atoms with Gasteiger partial charge in [-0.2, -0.15) is 0 Å². The second kappa shape index (κ2) is 3.03. The highest BCUT2D eigenvalue weighted by molar-refractivity contribution is 6.05. The summed E-state index contributed by atoms with van der Waals surface area (Å²) in [6.07, 6.45) is 0. The lowest BCUT2D eigenvalue weighted by molar-refractivity contribution is -0.268. The van der Waals surface area contributed by atoms with Crippen LogP contribution in [0.5, 0.6) is 5.75 Å². The van der Waals surface area contributed by atoms with Crippen LogP contribution in [0.25, 0.3) is 10.8 Å². The van der Waals surface area contributed by atoms with Crippen LogP contribution in [0.3, 0.4) is 0 Å². The molecular formula is C11H7O3-. The van der Waals surface area contributed by atoms with E-state index in [2.05, 4.69) is 0 Å². The van der Waals surface area contributed by atoms with Gasteiger partial charge in [0.15, 0.2) is 0 Å².